The molecule has 0 N–H and O–H groups in total. The Balaban J connectivity index is 1.47. The van der Waals surface area contributed by atoms with Crippen LogP contribution in [0.2, 0.25) is 0 Å². The predicted octanol–water partition coefficient (Wildman–Crippen LogP) is 4.61. The third kappa shape index (κ3) is 2.28. The monoisotopic (exact) mass is 372 g/mol. The lowest BCUT2D eigenvalue weighted by Gasteiger charge is -2.63. The van der Waals surface area contributed by atoms with Crippen LogP contribution in [0.15, 0.2) is 30.3 Å². The van der Waals surface area contributed by atoms with E-state index in [0.717, 1.165) is 19.5 Å². The van der Waals surface area contributed by atoms with E-state index in [9.17, 15) is 4.79 Å². The summed E-state index contributed by atoms with van der Waals surface area (Å²) < 4.78 is 11.9. The Hall–Kier alpha value is -0.960. The van der Waals surface area contributed by atoms with E-state index in [1.54, 1.807) is 0 Å². The van der Waals surface area contributed by atoms with Crippen LogP contribution in [-0.2, 0) is 9.32 Å². The van der Waals surface area contributed by atoms with Gasteiger partial charge in [-0.15, -0.1) is 0 Å². The summed E-state index contributed by atoms with van der Waals surface area (Å²) in [4.78, 5) is 13.0. The zero-order valence-electron chi connectivity index (χ0n) is 16.0. The van der Waals surface area contributed by atoms with Gasteiger partial charge in [-0.3, -0.25) is 4.79 Å². The van der Waals surface area contributed by atoms with Crippen LogP contribution >= 0.6 is 8.45 Å². The van der Waals surface area contributed by atoms with Crippen LogP contribution in [0, 0.1) is 17.3 Å². The number of carbonyl (C=O) groups excluding carboxylic acids is 1. The predicted molar refractivity (Wildman–Crippen MR) is 105 cm³/mol. The molecule has 4 nitrogen and oxygen atoms in total. The van der Waals surface area contributed by atoms with Gasteiger partial charge in [0, 0.05) is 37.2 Å². The molecule has 140 valence electrons. The van der Waals surface area contributed by atoms with Gasteiger partial charge < -0.3 is 9.19 Å². The Morgan fingerprint density at radius 3 is 2.69 bits per heavy atom. The number of anilines is 1. The Labute approximate surface area is 157 Å². The molecular weight excluding hydrogens is 343 g/mol. The number of rotatable bonds is 3. The SMILES string of the molecule is CC1(C)[C@@H]2CC(=O)[C@@](C)(OP3N(c4ccccc4)C[C@@H]4CCCN43)[C@H]1C2. The molecule has 6 rings (SSSR count). The van der Waals surface area contributed by atoms with E-state index >= 15 is 0 Å². The first kappa shape index (κ1) is 17.2. The topological polar surface area (TPSA) is 32.8 Å². The summed E-state index contributed by atoms with van der Waals surface area (Å²) in [6, 6.07) is 11.2. The van der Waals surface area contributed by atoms with Crippen molar-refractivity contribution in [2.24, 2.45) is 17.3 Å². The summed E-state index contributed by atoms with van der Waals surface area (Å²) in [6.07, 6.45) is 4.33. The van der Waals surface area contributed by atoms with Gasteiger partial charge in [-0.05, 0) is 49.7 Å². The number of fused-ring (bicyclic) bond motifs is 3. The Morgan fingerprint density at radius 1 is 1.19 bits per heavy atom. The Bertz CT molecular complexity index is 724. The minimum atomic E-state index is -0.921. The molecule has 2 bridgehead atoms. The minimum Gasteiger partial charge on any atom is -0.315 e. The average molecular weight is 372 g/mol. The van der Waals surface area contributed by atoms with Crippen LogP contribution in [0.1, 0.15) is 46.5 Å². The van der Waals surface area contributed by atoms with Crippen molar-refractivity contribution >= 4 is 19.9 Å². The second kappa shape index (κ2) is 5.77. The highest BCUT2D eigenvalue weighted by Gasteiger charge is 2.65. The molecule has 1 aromatic rings. The number of nitrogens with zero attached hydrogens (tertiary/aromatic N) is 2. The third-order valence-corrected chi connectivity index (χ3v) is 9.92. The molecular formula is C21H29N2O2P. The summed E-state index contributed by atoms with van der Waals surface area (Å²) in [5.74, 6) is 1.23. The van der Waals surface area contributed by atoms with E-state index in [-0.39, 0.29) is 5.41 Å². The van der Waals surface area contributed by atoms with Gasteiger partial charge in [0.25, 0.3) is 0 Å². The number of benzene rings is 1. The van der Waals surface area contributed by atoms with Crippen LogP contribution in [0.5, 0.6) is 0 Å². The Kier molecular flexibility index (Phi) is 3.81. The molecule has 3 aliphatic carbocycles. The van der Waals surface area contributed by atoms with Crippen molar-refractivity contribution in [2.75, 3.05) is 17.8 Å². The fraction of sp³-hybridized carbons (Fsp3) is 0.667. The highest BCUT2D eigenvalue weighted by Crippen LogP contribution is 2.67. The molecule has 0 aromatic heterocycles. The molecule has 3 saturated carbocycles. The van der Waals surface area contributed by atoms with Crippen LogP contribution in [0.4, 0.5) is 5.69 Å². The van der Waals surface area contributed by atoms with Crippen molar-refractivity contribution in [3.05, 3.63) is 30.3 Å². The van der Waals surface area contributed by atoms with Crippen LogP contribution < -0.4 is 4.67 Å². The number of para-hydroxylation sites is 1. The lowest BCUT2D eigenvalue weighted by molar-refractivity contribution is -0.188. The fourth-order valence-electron chi connectivity index (χ4n) is 5.75. The summed E-state index contributed by atoms with van der Waals surface area (Å²) >= 11 is 0. The number of hydrogen-bond donors (Lipinski definition) is 0. The molecule has 1 unspecified atom stereocenters. The third-order valence-electron chi connectivity index (χ3n) is 7.60. The van der Waals surface area contributed by atoms with E-state index in [4.69, 9.17) is 4.52 Å². The van der Waals surface area contributed by atoms with E-state index in [1.807, 2.05) is 0 Å². The number of Topliss-reactive ketones (excluding diaryl/α,β-unsaturated/α-hetero) is 1. The van der Waals surface area contributed by atoms with Crippen molar-refractivity contribution < 1.29 is 9.32 Å². The summed E-state index contributed by atoms with van der Waals surface area (Å²) in [7, 11) is -0.921. The van der Waals surface area contributed by atoms with Crippen molar-refractivity contribution in [1.82, 2.24) is 4.67 Å². The summed E-state index contributed by atoms with van der Waals surface area (Å²) in [6.45, 7) is 8.87. The molecule has 5 aliphatic rings. The maximum atomic E-state index is 13.0. The van der Waals surface area contributed by atoms with Crippen molar-refractivity contribution in [1.29, 1.82) is 0 Å². The second-order valence-electron chi connectivity index (χ2n) is 9.26. The smallest absolute Gasteiger partial charge is 0.219 e. The van der Waals surface area contributed by atoms with E-state index in [1.165, 1.54) is 18.5 Å². The zero-order valence-corrected chi connectivity index (χ0v) is 16.9. The molecule has 1 aromatic carbocycles. The molecule has 5 fully saturated rings. The van der Waals surface area contributed by atoms with Gasteiger partial charge in [-0.1, -0.05) is 32.0 Å². The van der Waals surface area contributed by atoms with Crippen molar-refractivity contribution in [3.63, 3.8) is 0 Å². The van der Waals surface area contributed by atoms with Crippen LogP contribution in [-0.4, -0.2) is 35.2 Å². The largest absolute Gasteiger partial charge is 0.315 e. The first-order valence-electron chi connectivity index (χ1n) is 10.0. The highest BCUT2D eigenvalue weighted by molar-refractivity contribution is 7.52. The van der Waals surface area contributed by atoms with Crippen LogP contribution in [0.3, 0.4) is 0 Å². The highest BCUT2D eigenvalue weighted by atomic mass is 31.2. The van der Waals surface area contributed by atoms with Gasteiger partial charge >= 0.3 is 0 Å². The molecule has 2 saturated heterocycles. The van der Waals surface area contributed by atoms with Gasteiger partial charge in [0.2, 0.25) is 8.45 Å². The number of carbonyl (C=O) groups is 1. The van der Waals surface area contributed by atoms with E-state index in [0.29, 0.717) is 30.1 Å². The molecule has 0 radical (unpaired) electrons. The van der Waals surface area contributed by atoms with Gasteiger partial charge in [0.15, 0.2) is 5.78 Å². The standard InChI is InChI=1S/C21H29N2O2P/c1-20(2)15-12-18(20)21(3,19(24)13-15)25-26-22-11-7-10-17(22)14-23(26)16-8-5-4-6-9-16/h4-6,8-9,15,17-18H,7,10-14H2,1-3H3/t15-,17-,18-,21-,26?/m0/s1. The van der Waals surface area contributed by atoms with E-state index in [2.05, 4.69) is 60.4 Å². The normalized spacial score (nSPS) is 41.2. The van der Waals surface area contributed by atoms with Gasteiger partial charge in [0.05, 0.1) is 0 Å². The Morgan fingerprint density at radius 2 is 1.96 bits per heavy atom. The summed E-state index contributed by atoms with van der Waals surface area (Å²) in [5.41, 5.74) is 0.819. The van der Waals surface area contributed by atoms with Crippen LogP contribution in [0.25, 0.3) is 0 Å². The average Bonchev–Trinajstić information content (AvgIpc) is 3.20. The molecule has 0 spiro atoms. The lowest BCUT2D eigenvalue weighted by Crippen LogP contribution is -2.65. The van der Waals surface area contributed by atoms with Gasteiger partial charge in [-0.2, -0.15) is 0 Å². The first-order valence-corrected chi connectivity index (χ1v) is 11.2. The minimum absolute atomic E-state index is 0.222. The summed E-state index contributed by atoms with van der Waals surface area (Å²) in [5, 5.41) is 0. The quantitative estimate of drug-likeness (QED) is 0.726. The fourth-order valence-corrected chi connectivity index (χ4v) is 8.24. The van der Waals surface area contributed by atoms with Crippen molar-refractivity contribution in [3.8, 4) is 0 Å². The first-order chi connectivity index (χ1) is 12.4. The molecule has 2 aliphatic heterocycles. The van der Waals surface area contributed by atoms with Gasteiger partial charge in [0.1, 0.15) is 5.60 Å². The van der Waals surface area contributed by atoms with E-state index < -0.39 is 14.1 Å². The maximum Gasteiger partial charge on any atom is 0.219 e. The molecule has 5 heteroatoms. The van der Waals surface area contributed by atoms with Crippen molar-refractivity contribution in [2.45, 2.75) is 58.1 Å². The molecule has 26 heavy (non-hydrogen) atoms. The lowest BCUT2D eigenvalue weighted by atomic mass is 9.44. The number of ketones is 1. The molecule has 0 amide bonds. The van der Waals surface area contributed by atoms with Gasteiger partial charge in [-0.25, -0.2) is 4.67 Å². The second-order valence-corrected chi connectivity index (χ2v) is 10.9. The maximum absolute atomic E-state index is 13.0. The zero-order chi connectivity index (χ0) is 18.1. The number of hydrogen-bond acceptors (Lipinski definition) is 4. The molecule has 2 heterocycles. The molecule has 5 atom stereocenters.